The van der Waals surface area contributed by atoms with Gasteiger partial charge in [-0.2, -0.15) is 9.40 Å². The molecular weight excluding hydrogens is 619 g/mol. The summed E-state index contributed by atoms with van der Waals surface area (Å²) in [6, 6.07) is 6.92. The second kappa shape index (κ2) is 13.1. The van der Waals surface area contributed by atoms with Crippen LogP contribution in [0.3, 0.4) is 0 Å². The number of ether oxygens (including phenoxy) is 2. The molecule has 9 nitrogen and oxygen atoms in total. The van der Waals surface area contributed by atoms with Gasteiger partial charge in [-0.05, 0) is 87.4 Å². The van der Waals surface area contributed by atoms with Gasteiger partial charge in [-0.1, -0.05) is 18.5 Å². The molecule has 0 spiro atoms. The molecule has 3 heterocycles. The average Bonchev–Trinajstić information content (AvgIpc) is 3.46. The number of halogens is 2. The molecule has 0 bridgehead atoms. The van der Waals surface area contributed by atoms with Gasteiger partial charge < -0.3 is 14.0 Å². The Morgan fingerprint density at radius 3 is 2.49 bits per heavy atom. The molecule has 242 valence electrons. The minimum atomic E-state index is -3.65. The third kappa shape index (κ3) is 6.22. The zero-order valence-electron chi connectivity index (χ0n) is 26.7. The Kier molecular flexibility index (Phi) is 9.62. The van der Waals surface area contributed by atoms with Crippen molar-refractivity contribution in [3.8, 4) is 16.9 Å². The van der Waals surface area contributed by atoms with Crippen LogP contribution >= 0.6 is 11.6 Å². The summed E-state index contributed by atoms with van der Waals surface area (Å²) in [6.45, 7) is 8.27. The van der Waals surface area contributed by atoms with E-state index in [2.05, 4.69) is 5.10 Å². The fourth-order valence-electron chi connectivity index (χ4n) is 6.36. The fraction of sp³-hybridized carbons (Fsp3) is 0.455. The predicted molar refractivity (Wildman–Crippen MR) is 174 cm³/mol. The van der Waals surface area contributed by atoms with Crippen LogP contribution in [0.1, 0.15) is 65.3 Å². The molecule has 0 aliphatic carbocycles. The summed E-state index contributed by atoms with van der Waals surface area (Å²) in [5.74, 6) is -0.420. The molecule has 4 aromatic rings. The Labute approximate surface area is 268 Å². The molecule has 2 aromatic heterocycles. The fourth-order valence-corrected chi connectivity index (χ4v) is 7.60. The second-order valence-corrected chi connectivity index (χ2v) is 14.1. The molecule has 1 aliphatic rings. The number of nitrogens with zero attached hydrogens (tertiary/aromatic N) is 4. The molecule has 5 rings (SSSR count). The summed E-state index contributed by atoms with van der Waals surface area (Å²) in [6.07, 6.45) is 1.79. The lowest BCUT2D eigenvalue weighted by atomic mass is 9.96. The molecule has 2 aromatic carbocycles. The number of sulfonamides is 1. The number of carbonyl (C=O) groups excluding carboxylic acids is 1. The Hall–Kier alpha value is -3.41. The molecule has 0 N–H and O–H groups in total. The van der Waals surface area contributed by atoms with Crippen LogP contribution in [0.15, 0.2) is 24.3 Å². The third-order valence-electron chi connectivity index (χ3n) is 8.45. The number of aromatic nitrogens is 3. The Morgan fingerprint density at radius 1 is 1.11 bits per heavy atom. The highest BCUT2D eigenvalue weighted by Gasteiger charge is 2.32. The van der Waals surface area contributed by atoms with Crippen molar-refractivity contribution in [2.45, 2.75) is 66.5 Å². The zero-order valence-corrected chi connectivity index (χ0v) is 28.2. The molecule has 0 atom stereocenters. The van der Waals surface area contributed by atoms with Crippen molar-refractivity contribution < 1.29 is 27.1 Å². The molecule has 0 fully saturated rings. The van der Waals surface area contributed by atoms with Crippen molar-refractivity contribution in [2.24, 2.45) is 7.05 Å². The molecule has 0 saturated carbocycles. The van der Waals surface area contributed by atoms with Gasteiger partial charge in [0, 0.05) is 47.9 Å². The van der Waals surface area contributed by atoms with E-state index in [9.17, 15) is 13.2 Å². The molecule has 0 radical (unpaired) electrons. The van der Waals surface area contributed by atoms with Gasteiger partial charge in [0.25, 0.3) is 0 Å². The minimum absolute atomic E-state index is 0.000614. The Morgan fingerprint density at radius 2 is 1.82 bits per heavy atom. The van der Waals surface area contributed by atoms with E-state index in [-0.39, 0.29) is 31.9 Å². The summed E-state index contributed by atoms with van der Waals surface area (Å²) >= 11 is 6.32. The molecule has 0 amide bonds. The quantitative estimate of drug-likeness (QED) is 0.161. The SMILES string of the molecule is CCOC(=O)c1c(CCCOc2cc(C)c(Cl)c(C)c2)c2ccc(F)c3c2n1CCCS(=O)(=O)N(C)Cc1nn(C)c(CC)c1-3. The van der Waals surface area contributed by atoms with Crippen molar-refractivity contribution in [1.82, 2.24) is 18.7 Å². The van der Waals surface area contributed by atoms with Gasteiger partial charge in [0.15, 0.2) is 0 Å². The van der Waals surface area contributed by atoms with E-state index in [0.29, 0.717) is 64.7 Å². The Balaban J connectivity index is 1.68. The maximum absolute atomic E-state index is 16.2. The first-order valence-electron chi connectivity index (χ1n) is 15.3. The largest absolute Gasteiger partial charge is 0.494 e. The van der Waals surface area contributed by atoms with Crippen molar-refractivity contribution >= 4 is 38.5 Å². The van der Waals surface area contributed by atoms with E-state index < -0.39 is 21.8 Å². The van der Waals surface area contributed by atoms with Crippen LogP contribution in [0.25, 0.3) is 22.0 Å². The van der Waals surface area contributed by atoms with Gasteiger partial charge in [-0.15, -0.1) is 0 Å². The van der Waals surface area contributed by atoms with Crippen LogP contribution in [0.5, 0.6) is 5.75 Å². The van der Waals surface area contributed by atoms with Gasteiger partial charge in [-0.3, -0.25) is 4.68 Å². The lowest BCUT2D eigenvalue weighted by molar-refractivity contribution is 0.0512. The van der Waals surface area contributed by atoms with Crippen molar-refractivity contribution in [3.05, 3.63) is 68.9 Å². The first-order chi connectivity index (χ1) is 21.4. The van der Waals surface area contributed by atoms with E-state index in [0.717, 1.165) is 27.8 Å². The van der Waals surface area contributed by atoms with Gasteiger partial charge in [0.05, 0.1) is 36.7 Å². The highest BCUT2D eigenvalue weighted by molar-refractivity contribution is 7.89. The number of fused-ring (bicyclic) bond motifs is 2. The topological polar surface area (TPSA) is 95.7 Å². The summed E-state index contributed by atoms with van der Waals surface area (Å²) in [5, 5.41) is 6.09. The average molecular weight is 659 g/mol. The number of hydrogen-bond acceptors (Lipinski definition) is 6. The minimum Gasteiger partial charge on any atom is -0.494 e. The van der Waals surface area contributed by atoms with Crippen LogP contribution in [0.2, 0.25) is 5.02 Å². The van der Waals surface area contributed by atoms with E-state index in [1.165, 1.54) is 17.4 Å². The monoisotopic (exact) mass is 658 g/mol. The van der Waals surface area contributed by atoms with Gasteiger partial charge >= 0.3 is 5.97 Å². The van der Waals surface area contributed by atoms with Crippen LogP contribution in [-0.4, -0.2) is 59.1 Å². The van der Waals surface area contributed by atoms with Crippen molar-refractivity contribution in [1.29, 1.82) is 0 Å². The number of hydrogen-bond donors (Lipinski definition) is 0. The highest BCUT2D eigenvalue weighted by Crippen LogP contribution is 2.41. The highest BCUT2D eigenvalue weighted by atomic mass is 35.5. The molecule has 1 aliphatic heterocycles. The van der Waals surface area contributed by atoms with E-state index in [1.54, 1.807) is 29.3 Å². The number of benzene rings is 2. The first kappa shape index (κ1) is 33.0. The van der Waals surface area contributed by atoms with E-state index >= 15 is 4.39 Å². The second-order valence-electron chi connectivity index (χ2n) is 11.5. The summed E-state index contributed by atoms with van der Waals surface area (Å²) in [7, 11) is -0.350. The molecule has 12 heteroatoms. The summed E-state index contributed by atoms with van der Waals surface area (Å²) < 4.78 is 59.0. The molecule has 0 saturated heterocycles. The van der Waals surface area contributed by atoms with Gasteiger partial charge in [-0.25, -0.2) is 17.6 Å². The van der Waals surface area contributed by atoms with Gasteiger partial charge in [0.1, 0.15) is 17.3 Å². The van der Waals surface area contributed by atoms with Crippen LogP contribution < -0.4 is 4.74 Å². The van der Waals surface area contributed by atoms with Crippen LogP contribution in [0.4, 0.5) is 4.39 Å². The number of carbonyl (C=O) groups is 1. The maximum atomic E-state index is 16.2. The van der Waals surface area contributed by atoms with Crippen molar-refractivity contribution in [2.75, 3.05) is 26.0 Å². The lowest BCUT2D eigenvalue weighted by Gasteiger charge is -2.16. The summed E-state index contributed by atoms with van der Waals surface area (Å²) in [4.78, 5) is 13.6. The molecule has 45 heavy (non-hydrogen) atoms. The van der Waals surface area contributed by atoms with E-state index in [4.69, 9.17) is 21.1 Å². The van der Waals surface area contributed by atoms with Crippen molar-refractivity contribution in [3.63, 3.8) is 0 Å². The third-order valence-corrected chi connectivity index (χ3v) is 10.9. The normalized spacial score (nSPS) is 15.1. The summed E-state index contributed by atoms with van der Waals surface area (Å²) in [5.41, 5.74) is 5.54. The van der Waals surface area contributed by atoms with Crippen LogP contribution in [-0.2, 0) is 47.7 Å². The standard InChI is InChI=1S/C33H40ClFN4O5S/c1-7-27-29-26(36-38(27)6)19-37(5)45(41,42)16-10-14-39-31-24(12-13-25(35)28(29)31)23(32(39)33(40)43-8-2)11-9-15-44-22-17-20(3)30(34)21(4)18-22/h12-13,17-18H,7-11,14-16,19H2,1-6H3. The maximum Gasteiger partial charge on any atom is 0.355 e. The number of esters is 1. The van der Waals surface area contributed by atoms with E-state index in [1.807, 2.05) is 32.9 Å². The van der Waals surface area contributed by atoms with Crippen LogP contribution in [0, 0.1) is 19.7 Å². The smallest absolute Gasteiger partial charge is 0.355 e. The number of rotatable bonds is 8. The van der Waals surface area contributed by atoms with Gasteiger partial charge in [0.2, 0.25) is 10.0 Å². The molecular formula is C33H40ClFN4O5S. The zero-order chi connectivity index (χ0) is 32.6. The number of aryl methyl sites for hydroxylation is 5. The Bertz CT molecular complexity index is 1860. The molecule has 0 unspecified atom stereocenters. The first-order valence-corrected chi connectivity index (χ1v) is 17.3. The lowest BCUT2D eigenvalue weighted by Crippen LogP contribution is -2.29. The predicted octanol–water partition coefficient (Wildman–Crippen LogP) is 6.37.